The van der Waals surface area contributed by atoms with Crippen LogP contribution in [0.15, 0.2) is 42.5 Å². The van der Waals surface area contributed by atoms with Crippen LogP contribution in [0.5, 0.6) is 5.75 Å². The molecule has 3 nitrogen and oxygen atoms in total. The Balaban J connectivity index is 2.31. The molecular weight excluding hydrogens is 252 g/mol. The van der Waals surface area contributed by atoms with Crippen LogP contribution in [0.3, 0.4) is 0 Å². The summed E-state index contributed by atoms with van der Waals surface area (Å²) in [6.07, 6.45) is 3.85. The van der Waals surface area contributed by atoms with Gasteiger partial charge in [-0.1, -0.05) is 36.4 Å². The summed E-state index contributed by atoms with van der Waals surface area (Å²) in [5.74, 6) is -0.109. The lowest BCUT2D eigenvalue weighted by atomic mass is 10.0. The molecule has 3 heteroatoms. The zero-order valence-corrected chi connectivity index (χ0v) is 11.5. The first-order valence-corrected chi connectivity index (χ1v) is 6.27. The zero-order chi connectivity index (χ0) is 14.5. The Morgan fingerprint density at radius 3 is 2.60 bits per heavy atom. The number of benzene rings is 2. The summed E-state index contributed by atoms with van der Waals surface area (Å²) in [6, 6.07) is 13.0. The molecule has 0 bridgehead atoms. The lowest BCUT2D eigenvalue weighted by Gasteiger charge is -2.05. The summed E-state index contributed by atoms with van der Waals surface area (Å²) >= 11 is 0. The van der Waals surface area contributed by atoms with Gasteiger partial charge in [0.2, 0.25) is 0 Å². The number of carboxylic acids is 1. The number of aromatic carboxylic acids is 1. The van der Waals surface area contributed by atoms with Crippen molar-refractivity contribution in [2.24, 2.45) is 0 Å². The predicted molar refractivity (Wildman–Crippen MR) is 80.1 cm³/mol. The zero-order valence-electron chi connectivity index (χ0n) is 11.5. The van der Waals surface area contributed by atoms with Crippen molar-refractivity contribution in [1.82, 2.24) is 0 Å². The highest BCUT2D eigenvalue weighted by molar-refractivity contribution is 5.91. The van der Waals surface area contributed by atoms with Gasteiger partial charge in [-0.2, -0.15) is 0 Å². The molecule has 0 fully saturated rings. The molecule has 0 aliphatic heterocycles. The van der Waals surface area contributed by atoms with E-state index in [-0.39, 0.29) is 0 Å². The first-order chi connectivity index (χ1) is 9.61. The third-order valence-corrected chi connectivity index (χ3v) is 3.16. The fraction of sp³-hybridized carbons (Fsp3) is 0.118. The average molecular weight is 268 g/mol. The van der Waals surface area contributed by atoms with Crippen molar-refractivity contribution in [2.45, 2.75) is 6.92 Å². The highest BCUT2D eigenvalue weighted by atomic mass is 16.5. The Morgan fingerprint density at radius 1 is 1.15 bits per heavy atom. The Bertz CT molecular complexity index is 657. The maximum atomic E-state index is 11.1. The minimum atomic E-state index is -0.904. The van der Waals surface area contributed by atoms with Crippen LogP contribution in [-0.2, 0) is 0 Å². The summed E-state index contributed by atoms with van der Waals surface area (Å²) in [5, 5.41) is 9.10. The fourth-order valence-electron chi connectivity index (χ4n) is 2.00. The topological polar surface area (TPSA) is 46.5 Å². The van der Waals surface area contributed by atoms with Gasteiger partial charge >= 0.3 is 5.97 Å². The Labute approximate surface area is 118 Å². The van der Waals surface area contributed by atoms with Crippen LogP contribution in [0.2, 0.25) is 0 Å². The number of hydrogen-bond acceptors (Lipinski definition) is 2. The third kappa shape index (κ3) is 3.06. The molecule has 2 aromatic carbocycles. The largest absolute Gasteiger partial charge is 0.497 e. The molecule has 1 N–H and O–H groups in total. The number of hydrogen-bond donors (Lipinski definition) is 1. The van der Waals surface area contributed by atoms with Gasteiger partial charge in [-0.05, 0) is 41.8 Å². The lowest BCUT2D eigenvalue weighted by Crippen LogP contribution is -2.00. The van der Waals surface area contributed by atoms with E-state index in [0.29, 0.717) is 5.56 Å². The molecule has 0 spiro atoms. The molecule has 0 aromatic heterocycles. The first-order valence-electron chi connectivity index (χ1n) is 6.27. The number of carbonyl (C=O) groups is 1. The molecular formula is C17H16O3. The van der Waals surface area contributed by atoms with Crippen LogP contribution < -0.4 is 4.74 Å². The summed E-state index contributed by atoms with van der Waals surface area (Å²) in [5.41, 5.74) is 2.99. The van der Waals surface area contributed by atoms with Gasteiger partial charge in [0.25, 0.3) is 0 Å². The van der Waals surface area contributed by atoms with Crippen molar-refractivity contribution in [3.8, 4) is 5.75 Å². The van der Waals surface area contributed by atoms with Gasteiger partial charge in [0.05, 0.1) is 12.7 Å². The predicted octanol–water partition coefficient (Wildman–Crippen LogP) is 3.87. The van der Waals surface area contributed by atoms with Gasteiger partial charge in [-0.25, -0.2) is 4.79 Å². The second-order valence-electron chi connectivity index (χ2n) is 4.43. The van der Waals surface area contributed by atoms with Gasteiger partial charge in [-0.15, -0.1) is 0 Å². The minimum Gasteiger partial charge on any atom is -0.497 e. The summed E-state index contributed by atoms with van der Waals surface area (Å²) < 4.78 is 5.17. The van der Waals surface area contributed by atoms with Crippen molar-refractivity contribution in [2.75, 3.05) is 7.11 Å². The third-order valence-electron chi connectivity index (χ3n) is 3.16. The molecule has 0 atom stereocenters. The second-order valence-corrected chi connectivity index (χ2v) is 4.43. The van der Waals surface area contributed by atoms with Gasteiger partial charge in [0, 0.05) is 0 Å². The molecule has 0 amide bonds. The van der Waals surface area contributed by atoms with E-state index in [1.165, 1.54) is 0 Å². The number of carboxylic acid groups (broad SMARTS) is 1. The van der Waals surface area contributed by atoms with E-state index in [1.807, 2.05) is 49.4 Å². The second kappa shape index (κ2) is 6.06. The number of ether oxygens (including phenoxy) is 1. The molecule has 0 heterocycles. The van der Waals surface area contributed by atoms with Crippen LogP contribution in [0.4, 0.5) is 0 Å². The molecule has 0 saturated heterocycles. The van der Waals surface area contributed by atoms with Crippen LogP contribution in [0, 0.1) is 6.92 Å². The van der Waals surface area contributed by atoms with E-state index in [2.05, 4.69) is 0 Å². The monoisotopic (exact) mass is 268 g/mol. The molecule has 0 unspecified atom stereocenters. The van der Waals surface area contributed by atoms with E-state index in [1.54, 1.807) is 19.2 Å². The smallest absolute Gasteiger partial charge is 0.335 e. The molecule has 2 rings (SSSR count). The average Bonchev–Trinajstić information content (AvgIpc) is 2.46. The van der Waals surface area contributed by atoms with E-state index in [0.717, 1.165) is 22.4 Å². The van der Waals surface area contributed by atoms with Crippen LogP contribution >= 0.6 is 0 Å². The highest BCUT2D eigenvalue weighted by Gasteiger charge is 2.07. The van der Waals surface area contributed by atoms with Crippen LogP contribution in [0.25, 0.3) is 12.2 Å². The number of rotatable bonds is 4. The van der Waals surface area contributed by atoms with E-state index in [9.17, 15) is 4.79 Å². The molecule has 0 aliphatic rings. The SMILES string of the molecule is COc1cccc(C=Cc2cccc(C(=O)O)c2C)c1. The normalized spacial score (nSPS) is 10.7. The Hall–Kier alpha value is -2.55. The van der Waals surface area contributed by atoms with Gasteiger partial charge < -0.3 is 9.84 Å². The Morgan fingerprint density at radius 2 is 1.90 bits per heavy atom. The molecule has 2 aromatic rings. The van der Waals surface area contributed by atoms with Crippen LogP contribution in [0.1, 0.15) is 27.0 Å². The molecule has 0 aliphatic carbocycles. The summed E-state index contributed by atoms with van der Waals surface area (Å²) in [4.78, 5) is 11.1. The van der Waals surface area contributed by atoms with Gasteiger partial charge in [0.1, 0.15) is 5.75 Å². The van der Waals surface area contributed by atoms with Gasteiger partial charge in [-0.3, -0.25) is 0 Å². The van der Waals surface area contributed by atoms with Crippen molar-refractivity contribution in [1.29, 1.82) is 0 Å². The van der Waals surface area contributed by atoms with Crippen LogP contribution in [-0.4, -0.2) is 18.2 Å². The quantitative estimate of drug-likeness (QED) is 0.856. The van der Waals surface area contributed by atoms with Crippen molar-refractivity contribution in [3.05, 3.63) is 64.7 Å². The highest BCUT2D eigenvalue weighted by Crippen LogP contribution is 2.18. The van der Waals surface area contributed by atoms with E-state index < -0.39 is 5.97 Å². The first kappa shape index (κ1) is 13.9. The molecule has 0 saturated carbocycles. The van der Waals surface area contributed by atoms with Gasteiger partial charge in [0.15, 0.2) is 0 Å². The van der Waals surface area contributed by atoms with Crippen molar-refractivity contribution < 1.29 is 14.6 Å². The molecule has 102 valence electrons. The minimum absolute atomic E-state index is 0.331. The van der Waals surface area contributed by atoms with E-state index in [4.69, 9.17) is 9.84 Å². The van der Waals surface area contributed by atoms with Crippen molar-refractivity contribution >= 4 is 18.1 Å². The maximum Gasteiger partial charge on any atom is 0.335 e. The number of methoxy groups -OCH3 is 1. The molecule has 0 radical (unpaired) electrons. The standard InChI is InChI=1S/C17H16O3/c1-12-14(6-4-8-16(12)17(18)19)10-9-13-5-3-7-15(11-13)20-2/h3-11H,1-2H3,(H,18,19). The summed E-state index contributed by atoms with van der Waals surface area (Å²) in [6.45, 7) is 1.81. The lowest BCUT2D eigenvalue weighted by molar-refractivity contribution is 0.0696. The fourth-order valence-corrected chi connectivity index (χ4v) is 2.00. The maximum absolute atomic E-state index is 11.1. The summed E-state index contributed by atoms with van der Waals surface area (Å²) in [7, 11) is 1.63. The Kier molecular flexibility index (Phi) is 4.20. The van der Waals surface area contributed by atoms with E-state index >= 15 is 0 Å². The molecule has 20 heavy (non-hydrogen) atoms. The van der Waals surface area contributed by atoms with Crippen molar-refractivity contribution in [3.63, 3.8) is 0 Å².